The minimum absolute atomic E-state index is 0.00512. The van der Waals surface area contributed by atoms with E-state index in [1.165, 1.54) is 0 Å². The van der Waals surface area contributed by atoms with Gasteiger partial charge in [-0.1, -0.05) is 0 Å². The first-order valence-corrected chi connectivity index (χ1v) is 6.15. The fourth-order valence-corrected chi connectivity index (χ4v) is 1.74. The number of carboxylic acids is 2. The molecule has 0 bridgehead atoms. The number of hydrogen-bond donors (Lipinski definition) is 5. The maximum atomic E-state index is 11.8. The summed E-state index contributed by atoms with van der Waals surface area (Å²) < 4.78 is 0. The van der Waals surface area contributed by atoms with Crippen LogP contribution in [0.1, 0.15) is 19.3 Å². The molecule has 0 aliphatic carbocycles. The molecule has 1 unspecified atom stereocenters. The molecule has 0 aromatic carbocycles. The topological polar surface area (TPSA) is 145 Å². The molecular weight excluding hydrogens is 270 g/mol. The Bertz CT molecular complexity index is 401. The van der Waals surface area contributed by atoms with Crippen molar-refractivity contribution in [1.82, 2.24) is 16.0 Å². The lowest BCUT2D eigenvalue weighted by atomic mass is 10.1. The van der Waals surface area contributed by atoms with Crippen LogP contribution in [0.3, 0.4) is 0 Å². The highest BCUT2D eigenvalue weighted by molar-refractivity contribution is 5.89. The first kappa shape index (κ1) is 15.9. The third-order valence-corrected chi connectivity index (χ3v) is 2.83. The van der Waals surface area contributed by atoms with Gasteiger partial charge in [0.25, 0.3) is 0 Å². The lowest BCUT2D eigenvalue weighted by Crippen LogP contribution is -2.59. The van der Waals surface area contributed by atoms with Crippen molar-refractivity contribution in [3.05, 3.63) is 0 Å². The van der Waals surface area contributed by atoms with E-state index in [0.717, 1.165) is 0 Å². The van der Waals surface area contributed by atoms with Gasteiger partial charge in [-0.05, 0) is 12.8 Å². The number of carbonyl (C=O) groups is 4. The Labute approximate surface area is 114 Å². The van der Waals surface area contributed by atoms with Crippen LogP contribution in [0.2, 0.25) is 0 Å². The molecule has 1 aliphatic rings. The molecular formula is C11H17N3O6. The van der Waals surface area contributed by atoms with Gasteiger partial charge in [-0.15, -0.1) is 0 Å². The number of rotatable bonds is 7. The summed E-state index contributed by atoms with van der Waals surface area (Å²) in [5.41, 5.74) is 0. The van der Waals surface area contributed by atoms with Crippen LogP contribution in [0.5, 0.6) is 0 Å². The van der Waals surface area contributed by atoms with Crippen LogP contribution in [0.4, 0.5) is 0 Å². The first-order valence-electron chi connectivity index (χ1n) is 6.15. The van der Waals surface area contributed by atoms with Crippen LogP contribution < -0.4 is 16.0 Å². The molecule has 9 heteroatoms. The molecule has 0 spiro atoms. The predicted octanol–water partition coefficient (Wildman–Crippen LogP) is -2.10. The number of amides is 2. The van der Waals surface area contributed by atoms with Crippen LogP contribution in [-0.2, 0) is 19.2 Å². The van der Waals surface area contributed by atoms with E-state index in [0.29, 0.717) is 0 Å². The van der Waals surface area contributed by atoms with Crippen LogP contribution in [0.15, 0.2) is 0 Å². The summed E-state index contributed by atoms with van der Waals surface area (Å²) in [6.07, 6.45) is 0.0330. The van der Waals surface area contributed by atoms with Gasteiger partial charge in [0.1, 0.15) is 12.1 Å². The van der Waals surface area contributed by atoms with Crippen molar-refractivity contribution < 1.29 is 29.4 Å². The number of carbonyl (C=O) groups excluding carboxylic acids is 2. The maximum Gasteiger partial charge on any atom is 0.326 e. The molecule has 112 valence electrons. The Morgan fingerprint density at radius 3 is 2.55 bits per heavy atom. The third kappa shape index (κ3) is 5.22. The fourth-order valence-electron chi connectivity index (χ4n) is 1.74. The summed E-state index contributed by atoms with van der Waals surface area (Å²) in [5.74, 6) is -3.00. The molecule has 0 saturated carbocycles. The van der Waals surface area contributed by atoms with E-state index < -0.39 is 29.9 Å². The molecule has 1 fully saturated rings. The number of piperazine rings is 1. The van der Waals surface area contributed by atoms with Gasteiger partial charge in [0.2, 0.25) is 11.8 Å². The zero-order chi connectivity index (χ0) is 15.1. The second-order valence-corrected chi connectivity index (χ2v) is 4.42. The molecule has 1 rings (SSSR count). The van der Waals surface area contributed by atoms with Crippen molar-refractivity contribution in [2.45, 2.75) is 31.3 Å². The van der Waals surface area contributed by atoms with Crippen LogP contribution in [0, 0.1) is 0 Å². The monoisotopic (exact) mass is 287 g/mol. The summed E-state index contributed by atoms with van der Waals surface area (Å²) in [5, 5.41) is 25.0. The van der Waals surface area contributed by atoms with E-state index in [9.17, 15) is 19.2 Å². The lowest BCUT2D eigenvalue weighted by Gasteiger charge is -2.24. The average Bonchev–Trinajstić information content (AvgIpc) is 2.37. The van der Waals surface area contributed by atoms with Gasteiger partial charge in [0.15, 0.2) is 0 Å². The largest absolute Gasteiger partial charge is 0.481 e. The highest BCUT2D eigenvalue weighted by atomic mass is 16.4. The van der Waals surface area contributed by atoms with Crippen molar-refractivity contribution in [2.75, 3.05) is 13.1 Å². The Hall–Kier alpha value is -2.16. The smallest absolute Gasteiger partial charge is 0.326 e. The summed E-state index contributed by atoms with van der Waals surface area (Å²) in [4.78, 5) is 44.1. The van der Waals surface area contributed by atoms with Crippen molar-refractivity contribution in [2.24, 2.45) is 0 Å². The third-order valence-electron chi connectivity index (χ3n) is 2.83. The second-order valence-electron chi connectivity index (χ2n) is 4.42. The van der Waals surface area contributed by atoms with Gasteiger partial charge in [0, 0.05) is 13.0 Å². The van der Waals surface area contributed by atoms with E-state index in [1.54, 1.807) is 0 Å². The number of aliphatic carboxylic acids is 2. The summed E-state index contributed by atoms with van der Waals surface area (Å²) in [7, 11) is 0. The zero-order valence-electron chi connectivity index (χ0n) is 10.7. The molecule has 0 aromatic rings. The molecule has 0 radical (unpaired) electrons. The summed E-state index contributed by atoms with van der Waals surface area (Å²) in [6.45, 7) is 0.0843. The molecule has 0 aromatic heterocycles. The maximum absolute atomic E-state index is 11.8. The predicted molar refractivity (Wildman–Crippen MR) is 65.9 cm³/mol. The van der Waals surface area contributed by atoms with Gasteiger partial charge in [0.05, 0.1) is 6.54 Å². The molecule has 2 atom stereocenters. The van der Waals surface area contributed by atoms with Crippen LogP contribution >= 0.6 is 0 Å². The Balaban J connectivity index is 2.44. The van der Waals surface area contributed by atoms with Gasteiger partial charge in [-0.3, -0.25) is 19.7 Å². The van der Waals surface area contributed by atoms with Crippen molar-refractivity contribution in [3.63, 3.8) is 0 Å². The Morgan fingerprint density at radius 1 is 1.35 bits per heavy atom. The van der Waals surface area contributed by atoms with Crippen LogP contribution in [-0.4, -0.2) is 59.1 Å². The van der Waals surface area contributed by atoms with Crippen molar-refractivity contribution in [3.8, 4) is 0 Å². The normalized spacial score (nSPS) is 19.8. The lowest BCUT2D eigenvalue weighted by molar-refractivity contribution is -0.143. The summed E-state index contributed by atoms with van der Waals surface area (Å²) in [6, 6.07) is -1.82. The van der Waals surface area contributed by atoms with E-state index in [2.05, 4.69) is 16.0 Å². The molecule has 1 aliphatic heterocycles. The van der Waals surface area contributed by atoms with E-state index in [4.69, 9.17) is 10.2 Å². The Morgan fingerprint density at radius 2 is 2.05 bits per heavy atom. The fraction of sp³-hybridized carbons (Fsp3) is 0.636. The highest BCUT2D eigenvalue weighted by Crippen LogP contribution is 2.02. The molecule has 20 heavy (non-hydrogen) atoms. The first-order chi connectivity index (χ1) is 9.40. The van der Waals surface area contributed by atoms with E-state index in [1.807, 2.05) is 0 Å². The van der Waals surface area contributed by atoms with Crippen molar-refractivity contribution >= 4 is 23.8 Å². The number of carboxylic acid groups (broad SMARTS) is 2. The van der Waals surface area contributed by atoms with Gasteiger partial charge < -0.3 is 20.8 Å². The average molecular weight is 287 g/mol. The molecule has 9 nitrogen and oxygen atoms in total. The van der Waals surface area contributed by atoms with Gasteiger partial charge >= 0.3 is 11.9 Å². The number of nitrogens with one attached hydrogen (secondary N) is 3. The van der Waals surface area contributed by atoms with Crippen LogP contribution in [0.25, 0.3) is 0 Å². The van der Waals surface area contributed by atoms with Gasteiger partial charge in [-0.25, -0.2) is 4.79 Å². The van der Waals surface area contributed by atoms with Crippen molar-refractivity contribution in [1.29, 1.82) is 0 Å². The van der Waals surface area contributed by atoms with E-state index in [-0.39, 0.29) is 38.3 Å². The van der Waals surface area contributed by atoms with Gasteiger partial charge in [-0.2, -0.15) is 0 Å². The standard InChI is InChI=1S/C11H17N3O6/c15-8-5-12-7(4-13-8)10(18)14-6(11(19)20)2-1-3-9(16)17/h6-7,12H,1-5H2,(H,13,15)(H,14,18)(H,16,17)(H,19,20)/t6-,7?/m1/s1. The zero-order valence-corrected chi connectivity index (χ0v) is 10.7. The van der Waals surface area contributed by atoms with E-state index >= 15 is 0 Å². The Kier molecular flexibility index (Phi) is 5.91. The summed E-state index contributed by atoms with van der Waals surface area (Å²) >= 11 is 0. The second kappa shape index (κ2) is 7.43. The minimum Gasteiger partial charge on any atom is -0.481 e. The highest BCUT2D eigenvalue weighted by Gasteiger charge is 2.27. The molecule has 2 amide bonds. The SMILES string of the molecule is O=C(O)CCC[C@@H](NC(=O)C1CNC(=O)CN1)C(=O)O. The molecule has 1 saturated heterocycles. The quantitative estimate of drug-likeness (QED) is 0.360. The molecule has 1 heterocycles. The molecule has 5 N–H and O–H groups in total. The number of hydrogen-bond acceptors (Lipinski definition) is 5. The minimum atomic E-state index is -1.22.